The molecule has 0 aliphatic rings. The molecule has 0 aliphatic heterocycles. The van der Waals surface area contributed by atoms with E-state index in [4.69, 9.17) is 10.5 Å². The van der Waals surface area contributed by atoms with Crippen LogP contribution in [-0.4, -0.2) is 6.54 Å². The number of aryl methyl sites for hydroxylation is 1. The molecule has 2 nitrogen and oxygen atoms in total. The highest BCUT2D eigenvalue weighted by atomic mass is 19.1. The topological polar surface area (TPSA) is 35.2 Å². The van der Waals surface area contributed by atoms with Gasteiger partial charge in [-0.25, -0.2) is 8.78 Å². The van der Waals surface area contributed by atoms with Crippen LogP contribution in [0.1, 0.15) is 16.7 Å². The van der Waals surface area contributed by atoms with Crippen molar-refractivity contribution in [3.63, 3.8) is 0 Å². The summed E-state index contributed by atoms with van der Waals surface area (Å²) in [6.45, 7) is 2.17. The van der Waals surface area contributed by atoms with E-state index in [0.29, 0.717) is 12.3 Å². The molecule has 0 saturated carbocycles. The first-order valence-corrected chi connectivity index (χ1v) is 6.46. The maximum Gasteiger partial charge on any atom is 0.130 e. The molecule has 0 unspecified atom stereocenters. The van der Waals surface area contributed by atoms with Crippen molar-refractivity contribution in [3.05, 3.63) is 64.7 Å². The predicted molar refractivity (Wildman–Crippen MR) is 77.8 cm³/mol. The zero-order valence-corrected chi connectivity index (χ0v) is 11.6. The number of nitrogens with two attached hydrogens (primary N) is 1. The van der Waals surface area contributed by atoms with Crippen molar-refractivity contribution in [1.82, 2.24) is 0 Å². The van der Waals surface area contributed by atoms with E-state index < -0.39 is 11.6 Å². The summed E-state index contributed by atoms with van der Waals surface area (Å²) in [7, 11) is 0. The molecule has 0 radical (unpaired) electrons. The molecular formula is C17H15F2NO. The number of rotatable bonds is 3. The molecule has 21 heavy (non-hydrogen) atoms. The summed E-state index contributed by atoms with van der Waals surface area (Å²) in [6, 6.07) is 8.65. The molecule has 2 aromatic rings. The molecule has 0 saturated heterocycles. The Bertz CT molecular complexity index is 702. The summed E-state index contributed by atoms with van der Waals surface area (Å²) in [6.07, 6.45) is 0. The summed E-state index contributed by atoms with van der Waals surface area (Å²) < 4.78 is 32.0. The third-order valence-electron chi connectivity index (χ3n) is 2.93. The molecule has 0 aliphatic carbocycles. The van der Waals surface area contributed by atoms with E-state index in [1.165, 1.54) is 0 Å². The normalized spacial score (nSPS) is 9.90. The largest absolute Gasteiger partial charge is 0.489 e. The molecule has 2 aromatic carbocycles. The Morgan fingerprint density at radius 1 is 1.14 bits per heavy atom. The monoisotopic (exact) mass is 287 g/mol. The average Bonchev–Trinajstić information content (AvgIpc) is 2.47. The molecule has 0 fully saturated rings. The van der Waals surface area contributed by atoms with Crippen molar-refractivity contribution in [1.29, 1.82) is 0 Å². The van der Waals surface area contributed by atoms with Crippen LogP contribution in [0, 0.1) is 30.4 Å². The lowest BCUT2D eigenvalue weighted by molar-refractivity contribution is 0.299. The van der Waals surface area contributed by atoms with Crippen molar-refractivity contribution in [3.8, 4) is 17.6 Å². The minimum absolute atomic E-state index is 0.0309. The number of benzene rings is 2. The standard InChI is InChI=1S/C17H15F2NO/c1-12-9-16(6-4-13(12)3-2-8-20)21-11-14-10-15(18)5-7-17(14)19/h4-7,9-10H,8,11,20H2,1H3. The highest BCUT2D eigenvalue weighted by Gasteiger charge is 2.05. The smallest absolute Gasteiger partial charge is 0.130 e. The lowest BCUT2D eigenvalue weighted by Crippen LogP contribution is -2.00. The van der Waals surface area contributed by atoms with Crippen LogP contribution in [0.25, 0.3) is 0 Å². The number of ether oxygens (including phenoxy) is 1. The van der Waals surface area contributed by atoms with Crippen LogP contribution in [-0.2, 0) is 6.61 Å². The van der Waals surface area contributed by atoms with Crippen LogP contribution < -0.4 is 10.5 Å². The van der Waals surface area contributed by atoms with Gasteiger partial charge in [0.05, 0.1) is 6.54 Å². The van der Waals surface area contributed by atoms with Gasteiger partial charge in [0.2, 0.25) is 0 Å². The minimum atomic E-state index is -0.487. The molecule has 0 amide bonds. The average molecular weight is 287 g/mol. The summed E-state index contributed by atoms with van der Waals surface area (Å²) in [5.74, 6) is 5.34. The zero-order valence-electron chi connectivity index (χ0n) is 11.6. The minimum Gasteiger partial charge on any atom is -0.489 e. The fourth-order valence-corrected chi connectivity index (χ4v) is 1.83. The van der Waals surface area contributed by atoms with Gasteiger partial charge < -0.3 is 10.5 Å². The first-order chi connectivity index (χ1) is 10.1. The van der Waals surface area contributed by atoms with Gasteiger partial charge in [-0.05, 0) is 48.9 Å². The number of hydrogen-bond acceptors (Lipinski definition) is 2. The lowest BCUT2D eigenvalue weighted by atomic mass is 10.1. The highest BCUT2D eigenvalue weighted by molar-refractivity contribution is 5.44. The summed E-state index contributed by atoms with van der Waals surface area (Å²) >= 11 is 0. The lowest BCUT2D eigenvalue weighted by Gasteiger charge is -2.09. The van der Waals surface area contributed by atoms with Crippen molar-refractivity contribution in [2.75, 3.05) is 6.54 Å². The number of halogens is 2. The second-order valence-electron chi connectivity index (χ2n) is 4.51. The van der Waals surface area contributed by atoms with Gasteiger partial charge in [0, 0.05) is 11.1 Å². The first-order valence-electron chi connectivity index (χ1n) is 6.46. The van der Waals surface area contributed by atoms with Crippen LogP contribution >= 0.6 is 0 Å². The molecule has 2 rings (SSSR count). The van der Waals surface area contributed by atoms with Crippen molar-refractivity contribution in [2.24, 2.45) is 5.73 Å². The Morgan fingerprint density at radius 3 is 2.67 bits per heavy atom. The molecule has 0 atom stereocenters. The van der Waals surface area contributed by atoms with Crippen molar-refractivity contribution >= 4 is 0 Å². The summed E-state index contributed by atoms with van der Waals surface area (Å²) in [5, 5.41) is 0. The van der Waals surface area contributed by atoms with Gasteiger partial charge in [0.25, 0.3) is 0 Å². The molecule has 108 valence electrons. The molecule has 2 N–H and O–H groups in total. The van der Waals surface area contributed by atoms with Gasteiger partial charge in [-0.15, -0.1) is 0 Å². The Morgan fingerprint density at radius 2 is 1.95 bits per heavy atom. The first kappa shape index (κ1) is 15.0. The van der Waals surface area contributed by atoms with E-state index in [1.54, 1.807) is 12.1 Å². The van der Waals surface area contributed by atoms with Crippen LogP contribution in [0.3, 0.4) is 0 Å². The van der Waals surface area contributed by atoms with E-state index in [-0.39, 0.29) is 12.2 Å². The van der Waals surface area contributed by atoms with E-state index in [9.17, 15) is 8.78 Å². The van der Waals surface area contributed by atoms with E-state index >= 15 is 0 Å². The van der Waals surface area contributed by atoms with Crippen LogP contribution in [0.4, 0.5) is 8.78 Å². The van der Waals surface area contributed by atoms with E-state index in [1.807, 2.05) is 13.0 Å². The van der Waals surface area contributed by atoms with Gasteiger partial charge in [-0.3, -0.25) is 0 Å². The van der Waals surface area contributed by atoms with Gasteiger partial charge in [-0.1, -0.05) is 11.8 Å². The SMILES string of the molecule is Cc1cc(OCc2cc(F)ccc2F)ccc1C#CCN. The maximum absolute atomic E-state index is 13.5. The summed E-state index contributed by atoms with van der Waals surface area (Å²) in [4.78, 5) is 0. The van der Waals surface area contributed by atoms with Gasteiger partial charge in [-0.2, -0.15) is 0 Å². The van der Waals surface area contributed by atoms with Crippen LogP contribution in [0.15, 0.2) is 36.4 Å². The van der Waals surface area contributed by atoms with Crippen LogP contribution in [0.2, 0.25) is 0 Å². The fraction of sp³-hybridized carbons (Fsp3) is 0.176. The zero-order chi connectivity index (χ0) is 15.2. The molecule has 0 bridgehead atoms. The fourth-order valence-electron chi connectivity index (χ4n) is 1.83. The van der Waals surface area contributed by atoms with Gasteiger partial charge >= 0.3 is 0 Å². The van der Waals surface area contributed by atoms with Crippen molar-refractivity contribution < 1.29 is 13.5 Å². The van der Waals surface area contributed by atoms with Crippen molar-refractivity contribution in [2.45, 2.75) is 13.5 Å². The molecule has 4 heteroatoms. The molecule has 0 spiro atoms. The molecule has 0 aromatic heterocycles. The molecule has 0 heterocycles. The van der Waals surface area contributed by atoms with Crippen LogP contribution in [0.5, 0.6) is 5.75 Å². The predicted octanol–water partition coefficient (Wildman–Crippen LogP) is 3.16. The summed E-state index contributed by atoms with van der Waals surface area (Å²) in [5.41, 5.74) is 7.31. The Balaban J connectivity index is 2.10. The Kier molecular flexibility index (Phi) is 4.91. The third-order valence-corrected chi connectivity index (χ3v) is 2.93. The van der Waals surface area contributed by atoms with Gasteiger partial charge in [0.15, 0.2) is 0 Å². The second-order valence-corrected chi connectivity index (χ2v) is 4.51. The number of hydrogen-bond donors (Lipinski definition) is 1. The maximum atomic E-state index is 13.5. The Hall–Kier alpha value is -2.38. The molecular weight excluding hydrogens is 272 g/mol. The van der Waals surface area contributed by atoms with E-state index in [0.717, 1.165) is 29.3 Å². The van der Waals surface area contributed by atoms with Gasteiger partial charge in [0.1, 0.15) is 24.0 Å². The van der Waals surface area contributed by atoms with E-state index in [2.05, 4.69) is 11.8 Å². The third kappa shape index (κ3) is 4.04. The Labute approximate surface area is 122 Å². The second kappa shape index (κ2) is 6.87. The quantitative estimate of drug-likeness (QED) is 0.880. The highest BCUT2D eigenvalue weighted by Crippen LogP contribution is 2.19.